The minimum absolute atomic E-state index is 0.00954. The summed E-state index contributed by atoms with van der Waals surface area (Å²) in [5, 5.41) is 8.63. The van der Waals surface area contributed by atoms with Gasteiger partial charge in [-0.05, 0) is 19.3 Å². The Morgan fingerprint density at radius 2 is 2.12 bits per heavy atom. The molecule has 0 aromatic rings. The predicted octanol–water partition coefficient (Wildman–Crippen LogP) is 1.63. The molecule has 0 aliphatic carbocycles. The van der Waals surface area contributed by atoms with Crippen LogP contribution in [-0.4, -0.2) is 53.1 Å². The summed E-state index contributed by atoms with van der Waals surface area (Å²) >= 11 is 0. The van der Waals surface area contributed by atoms with Crippen molar-refractivity contribution in [1.29, 1.82) is 0 Å². The van der Waals surface area contributed by atoms with E-state index in [0.717, 1.165) is 25.9 Å². The van der Waals surface area contributed by atoms with Crippen LogP contribution < -0.4 is 0 Å². The molecule has 1 heterocycles. The van der Waals surface area contributed by atoms with Gasteiger partial charge < -0.3 is 14.9 Å². The molecule has 1 rings (SSSR count). The van der Waals surface area contributed by atoms with Crippen LogP contribution in [0.3, 0.4) is 0 Å². The zero-order chi connectivity index (χ0) is 12.8. The van der Waals surface area contributed by atoms with Gasteiger partial charge in [-0.25, -0.2) is 4.79 Å². The summed E-state index contributed by atoms with van der Waals surface area (Å²) in [6.45, 7) is 6.52. The van der Waals surface area contributed by atoms with Gasteiger partial charge in [0.05, 0.1) is 6.42 Å². The molecule has 5 heteroatoms. The fraction of sp³-hybridized carbons (Fsp3) is 0.833. The molecule has 0 aromatic carbocycles. The second-order valence-electron chi connectivity index (χ2n) is 4.51. The van der Waals surface area contributed by atoms with Crippen molar-refractivity contribution in [2.24, 2.45) is 5.92 Å². The van der Waals surface area contributed by atoms with Gasteiger partial charge in [0, 0.05) is 26.2 Å². The molecular formula is C12H22N2O3. The molecule has 1 unspecified atom stereocenters. The summed E-state index contributed by atoms with van der Waals surface area (Å²) in [5.74, 6) is -0.249. The van der Waals surface area contributed by atoms with Crippen molar-refractivity contribution in [3.8, 4) is 0 Å². The van der Waals surface area contributed by atoms with Crippen molar-refractivity contribution in [2.75, 3.05) is 26.2 Å². The highest BCUT2D eigenvalue weighted by atomic mass is 16.4. The second-order valence-corrected chi connectivity index (χ2v) is 4.51. The number of rotatable bonds is 5. The topological polar surface area (TPSA) is 60.9 Å². The Morgan fingerprint density at radius 3 is 2.59 bits per heavy atom. The van der Waals surface area contributed by atoms with Crippen molar-refractivity contribution in [2.45, 2.75) is 33.1 Å². The van der Waals surface area contributed by atoms with Crippen LogP contribution in [0.5, 0.6) is 0 Å². The van der Waals surface area contributed by atoms with E-state index < -0.39 is 5.97 Å². The first-order valence-electron chi connectivity index (χ1n) is 6.34. The molecule has 1 fully saturated rings. The lowest BCUT2D eigenvalue weighted by Crippen LogP contribution is -2.42. The number of carboxylic acids is 1. The first-order chi connectivity index (χ1) is 8.08. The average Bonchev–Trinajstić information content (AvgIpc) is 2.77. The molecule has 17 heavy (non-hydrogen) atoms. The minimum atomic E-state index is -0.857. The average molecular weight is 242 g/mol. The number of carbonyl (C=O) groups is 2. The molecule has 0 spiro atoms. The first-order valence-corrected chi connectivity index (χ1v) is 6.34. The Balaban J connectivity index is 2.46. The zero-order valence-electron chi connectivity index (χ0n) is 10.7. The summed E-state index contributed by atoms with van der Waals surface area (Å²) in [4.78, 5) is 26.1. The van der Waals surface area contributed by atoms with E-state index in [1.165, 1.54) is 0 Å². The summed E-state index contributed by atoms with van der Waals surface area (Å²) in [5.41, 5.74) is 0. The minimum Gasteiger partial charge on any atom is -0.481 e. The van der Waals surface area contributed by atoms with Crippen molar-refractivity contribution in [3.05, 3.63) is 0 Å². The Kier molecular flexibility index (Phi) is 5.25. The maximum Gasteiger partial charge on any atom is 0.320 e. The van der Waals surface area contributed by atoms with Crippen LogP contribution >= 0.6 is 0 Å². The Bertz CT molecular complexity index is 281. The van der Waals surface area contributed by atoms with Crippen LogP contribution in [0.15, 0.2) is 0 Å². The second kappa shape index (κ2) is 6.47. The van der Waals surface area contributed by atoms with Crippen molar-refractivity contribution < 1.29 is 14.7 Å². The summed E-state index contributed by atoms with van der Waals surface area (Å²) in [6.07, 6.45) is 2.19. The summed E-state index contributed by atoms with van der Waals surface area (Å²) < 4.78 is 0. The van der Waals surface area contributed by atoms with E-state index in [0.29, 0.717) is 19.0 Å². The molecule has 98 valence electrons. The molecule has 1 N–H and O–H groups in total. The normalized spacial score (nSPS) is 19.4. The molecule has 2 amide bonds. The number of likely N-dealkylation sites (tertiary alicyclic amines) is 1. The number of urea groups is 1. The van der Waals surface area contributed by atoms with Crippen LogP contribution in [0.4, 0.5) is 4.79 Å². The smallest absolute Gasteiger partial charge is 0.320 e. The molecule has 1 aliphatic rings. The molecule has 1 aliphatic heterocycles. The third-order valence-electron chi connectivity index (χ3n) is 3.38. The number of amides is 2. The highest BCUT2D eigenvalue weighted by Crippen LogP contribution is 2.20. The van der Waals surface area contributed by atoms with Crippen LogP contribution in [0.1, 0.15) is 33.1 Å². The van der Waals surface area contributed by atoms with Gasteiger partial charge in [0.15, 0.2) is 0 Å². The summed E-state index contributed by atoms with van der Waals surface area (Å²) in [7, 11) is 0. The van der Waals surface area contributed by atoms with E-state index in [4.69, 9.17) is 5.11 Å². The van der Waals surface area contributed by atoms with Gasteiger partial charge in [-0.3, -0.25) is 4.79 Å². The van der Waals surface area contributed by atoms with E-state index in [9.17, 15) is 9.59 Å². The quantitative estimate of drug-likeness (QED) is 0.797. The Labute approximate surface area is 102 Å². The van der Waals surface area contributed by atoms with E-state index in [2.05, 4.69) is 6.92 Å². The number of carbonyl (C=O) groups excluding carboxylic acids is 1. The molecule has 5 nitrogen and oxygen atoms in total. The molecule has 1 atom stereocenters. The van der Waals surface area contributed by atoms with Crippen LogP contribution in [0.2, 0.25) is 0 Å². The first kappa shape index (κ1) is 13.8. The van der Waals surface area contributed by atoms with Gasteiger partial charge in [-0.2, -0.15) is 0 Å². The van der Waals surface area contributed by atoms with Gasteiger partial charge in [0.1, 0.15) is 0 Å². The Morgan fingerprint density at radius 1 is 1.41 bits per heavy atom. The fourth-order valence-electron chi connectivity index (χ4n) is 2.16. The van der Waals surface area contributed by atoms with E-state index in [1.54, 1.807) is 4.90 Å². The highest BCUT2D eigenvalue weighted by molar-refractivity contribution is 5.75. The van der Waals surface area contributed by atoms with Crippen molar-refractivity contribution in [3.63, 3.8) is 0 Å². The number of aliphatic carboxylic acids is 1. The third-order valence-corrected chi connectivity index (χ3v) is 3.38. The van der Waals surface area contributed by atoms with Gasteiger partial charge in [0.2, 0.25) is 0 Å². The zero-order valence-corrected chi connectivity index (χ0v) is 10.7. The lowest BCUT2D eigenvalue weighted by Gasteiger charge is -2.26. The largest absolute Gasteiger partial charge is 0.481 e. The molecule has 1 saturated heterocycles. The predicted molar refractivity (Wildman–Crippen MR) is 64.9 cm³/mol. The molecule has 0 bridgehead atoms. The lowest BCUT2D eigenvalue weighted by atomic mass is 10.1. The van der Waals surface area contributed by atoms with Crippen LogP contribution in [0, 0.1) is 5.92 Å². The van der Waals surface area contributed by atoms with Gasteiger partial charge in [0.25, 0.3) is 0 Å². The number of hydrogen-bond acceptors (Lipinski definition) is 2. The van der Waals surface area contributed by atoms with Gasteiger partial charge in [-0.1, -0.05) is 13.3 Å². The fourth-order valence-corrected chi connectivity index (χ4v) is 2.16. The highest BCUT2D eigenvalue weighted by Gasteiger charge is 2.27. The van der Waals surface area contributed by atoms with Gasteiger partial charge >= 0.3 is 12.0 Å². The van der Waals surface area contributed by atoms with E-state index in [1.807, 2.05) is 11.8 Å². The SMILES string of the molecule is CCC1CCN(C(=O)N(CC)CCC(=O)O)C1. The third kappa shape index (κ3) is 3.91. The van der Waals surface area contributed by atoms with Crippen molar-refractivity contribution in [1.82, 2.24) is 9.80 Å². The maximum atomic E-state index is 12.1. The maximum absolute atomic E-state index is 12.1. The number of carboxylic acid groups (broad SMARTS) is 1. The van der Waals surface area contributed by atoms with Crippen LogP contribution in [0.25, 0.3) is 0 Å². The standard InChI is InChI=1S/C12H22N2O3/c1-3-10-5-7-14(9-10)12(17)13(4-2)8-6-11(15)16/h10H,3-9H2,1-2H3,(H,15,16). The van der Waals surface area contributed by atoms with E-state index >= 15 is 0 Å². The lowest BCUT2D eigenvalue weighted by molar-refractivity contribution is -0.137. The Hall–Kier alpha value is -1.26. The summed E-state index contributed by atoms with van der Waals surface area (Å²) in [6, 6.07) is -0.00954. The van der Waals surface area contributed by atoms with E-state index in [-0.39, 0.29) is 12.5 Å². The molecule has 0 aromatic heterocycles. The number of nitrogens with zero attached hydrogens (tertiary/aromatic N) is 2. The monoisotopic (exact) mass is 242 g/mol. The molecular weight excluding hydrogens is 220 g/mol. The van der Waals surface area contributed by atoms with Crippen molar-refractivity contribution >= 4 is 12.0 Å². The molecule has 0 saturated carbocycles. The van der Waals surface area contributed by atoms with Gasteiger partial charge in [-0.15, -0.1) is 0 Å². The molecule has 0 radical (unpaired) electrons. The van der Waals surface area contributed by atoms with Crippen LogP contribution in [-0.2, 0) is 4.79 Å². The number of hydrogen-bond donors (Lipinski definition) is 1.